The number of rotatable bonds is 3. The Kier molecular flexibility index (Phi) is 4.16. The number of anilines is 1. The molecule has 3 nitrogen and oxygen atoms in total. The van der Waals surface area contributed by atoms with E-state index in [1.807, 2.05) is 19.1 Å². The number of benzene rings is 1. The number of hydrogen-bond donors (Lipinski definition) is 2. The molecule has 1 saturated carbocycles. The highest BCUT2D eigenvalue weighted by atomic mass is 35.5. The van der Waals surface area contributed by atoms with Crippen LogP contribution < -0.4 is 10.6 Å². The molecule has 4 heteroatoms. The largest absolute Gasteiger partial charge is 0.324 e. The van der Waals surface area contributed by atoms with Gasteiger partial charge in [-0.3, -0.25) is 4.79 Å². The van der Waals surface area contributed by atoms with Crippen molar-refractivity contribution in [2.45, 2.75) is 44.1 Å². The first-order valence-corrected chi connectivity index (χ1v) is 6.84. The molecule has 1 heterocycles. The molecule has 1 amide bonds. The summed E-state index contributed by atoms with van der Waals surface area (Å²) in [5, 5.41) is 6.29. The third kappa shape index (κ3) is 3.10. The number of hydrogen-bond acceptors (Lipinski definition) is 2. The van der Waals surface area contributed by atoms with Crippen LogP contribution in [-0.4, -0.2) is 18.0 Å². The van der Waals surface area contributed by atoms with Crippen molar-refractivity contribution in [3.63, 3.8) is 0 Å². The highest BCUT2D eigenvalue weighted by Crippen LogP contribution is 2.40. The first kappa shape index (κ1) is 14.4. The van der Waals surface area contributed by atoms with Crippen molar-refractivity contribution < 1.29 is 4.79 Å². The summed E-state index contributed by atoms with van der Waals surface area (Å²) in [5.74, 6) is 0.850. The van der Waals surface area contributed by atoms with Gasteiger partial charge in [0.2, 0.25) is 5.91 Å². The van der Waals surface area contributed by atoms with Crippen LogP contribution in [0.2, 0.25) is 0 Å². The molecular weight excluding hydrogens is 260 g/mol. The molecule has 3 rings (SSSR count). The fourth-order valence-electron chi connectivity index (χ4n) is 2.61. The predicted octanol–water partition coefficient (Wildman–Crippen LogP) is 3.07. The summed E-state index contributed by atoms with van der Waals surface area (Å²) in [6, 6.07) is 8.31. The van der Waals surface area contributed by atoms with Gasteiger partial charge in [-0.1, -0.05) is 12.1 Å². The van der Waals surface area contributed by atoms with Crippen molar-refractivity contribution >= 4 is 24.0 Å². The topological polar surface area (TPSA) is 41.1 Å². The van der Waals surface area contributed by atoms with E-state index in [-0.39, 0.29) is 18.3 Å². The third-order valence-corrected chi connectivity index (χ3v) is 4.09. The van der Waals surface area contributed by atoms with E-state index in [1.54, 1.807) is 0 Å². The normalized spacial score (nSPS) is 25.7. The molecule has 19 heavy (non-hydrogen) atoms. The second-order valence-electron chi connectivity index (χ2n) is 5.71. The van der Waals surface area contributed by atoms with Gasteiger partial charge in [0.05, 0.1) is 5.54 Å². The molecule has 1 aliphatic heterocycles. The Morgan fingerprint density at radius 2 is 2.00 bits per heavy atom. The number of carbonyl (C=O) groups is 1. The van der Waals surface area contributed by atoms with Crippen LogP contribution in [0.4, 0.5) is 5.69 Å². The lowest BCUT2D eigenvalue weighted by molar-refractivity contribution is -0.121. The first-order chi connectivity index (χ1) is 8.67. The number of halogens is 1. The molecule has 104 valence electrons. The van der Waals surface area contributed by atoms with Crippen LogP contribution in [-0.2, 0) is 4.79 Å². The van der Waals surface area contributed by atoms with Crippen LogP contribution in [0.5, 0.6) is 0 Å². The molecule has 0 unspecified atom stereocenters. The fraction of sp³-hybridized carbons (Fsp3) is 0.533. The van der Waals surface area contributed by atoms with Crippen molar-refractivity contribution in [2.75, 3.05) is 11.9 Å². The maximum Gasteiger partial charge on any atom is 0.244 e. The van der Waals surface area contributed by atoms with E-state index >= 15 is 0 Å². The van der Waals surface area contributed by atoms with Gasteiger partial charge in [-0.25, -0.2) is 0 Å². The van der Waals surface area contributed by atoms with Crippen LogP contribution >= 0.6 is 12.4 Å². The highest BCUT2D eigenvalue weighted by molar-refractivity contribution is 5.98. The standard InChI is InChI=1S/C15H20N2O.ClH/c1-15(9-2-10-16-15)14(18)17-13-7-5-12(6-8-13)11-3-4-11;/h5-8,11,16H,2-4,9-10H2,1H3,(H,17,18);1H/t15-;/m0./s1. The van der Waals surface area contributed by atoms with Crippen molar-refractivity contribution in [1.82, 2.24) is 5.32 Å². The Morgan fingerprint density at radius 3 is 2.53 bits per heavy atom. The molecule has 1 aromatic carbocycles. The second-order valence-corrected chi connectivity index (χ2v) is 5.71. The van der Waals surface area contributed by atoms with Crippen molar-refractivity contribution in [3.05, 3.63) is 29.8 Å². The summed E-state index contributed by atoms with van der Waals surface area (Å²) >= 11 is 0. The van der Waals surface area contributed by atoms with Crippen LogP contribution in [0, 0.1) is 0 Å². The molecule has 2 N–H and O–H groups in total. The van der Waals surface area contributed by atoms with Gasteiger partial charge in [0.1, 0.15) is 0 Å². The molecule has 0 spiro atoms. The van der Waals surface area contributed by atoms with Gasteiger partial charge >= 0.3 is 0 Å². The van der Waals surface area contributed by atoms with Gasteiger partial charge in [0.15, 0.2) is 0 Å². The van der Waals surface area contributed by atoms with E-state index in [0.29, 0.717) is 0 Å². The van der Waals surface area contributed by atoms with Gasteiger partial charge in [0, 0.05) is 5.69 Å². The van der Waals surface area contributed by atoms with Crippen LogP contribution in [0.25, 0.3) is 0 Å². The molecule has 0 aromatic heterocycles. The summed E-state index contributed by atoms with van der Waals surface area (Å²) in [7, 11) is 0. The molecule has 0 radical (unpaired) electrons. The maximum absolute atomic E-state index is 12.2. The summed E-state index contributed by atoms with van der Waals surface area (Å²) in [6.45, 7) is 2.92. The van der Waals surface area contributed by atoms with E-state index in [2.05, 4.69) is 22.8 Å². The summed E-state index contributed by atoms with van der Waals surface area (Å²) in [4.78, 5) is 12.2. The zero-order valence-corrected chi connectivity index (χ0v) is 12.1. The monoisotopic (exact) mass is 280 g/mol. The van der Waals surface area contributed by atoms with Crippen LogP contribution in [0.1, 0.15) is 44.1 Å². The summed E-state index contributed by atoms with van der Waals surface area (Å²) < 4.78 is 0. The van der Waals surface area contributed by atoms with Gasteiger partial charge in [0.25, 0.3) is 0 Å². The Balaban J connectivity index is 0.00000133. The van der Waals surface area contributed by atoms with Crippen LogP contribution in [0.15, 0.2) is 24.3 Å². The molecule has 2 fully saturated rings. The minimum atomic E-state index is -0.394. The Hall–Kier alpha value is -1.06. The number of carbonyl (C=O) groups excluding carboxylic acids is 1. The minimum absolute atomic E-state index is 0. The third-order valence-electron chi connectivity index (χ3n) is 4.09. The molecular formula is C15H21ClN2O. The quantitative estimate of drug-likeness (QED) is 0.893. The lowest BCUT2D eigenvalue weighted by Gasteiger charge is -2.23. The smallest absolute Gasteiger partial charge is 0.244 e. The number of amides is 1. The van der Waals surface area contributed by atoms with E-state index in [9.17, 15) is 4.79 Å². The van der Waals surface area contributed by atoms with Crippen molar-refractivity contribution in [2.24, 2.45) is 0 Å². The Bertz CT molecular complexity index is 448. The van der Waals surface area contributed by atoms with E-state index in [4.69, 9.17) is 0 Å². The first-order valence-electron chi connectivity index (χ1n) is 6.84. The summed E-state index contributed by atoms with van der Waals surface area (Å²) in [5.41, 5.74) is 1.91. The Morgan fingerprint density at radius 1 is 1.32 bits per heavy atom. The minimum Gasteiger partial charge on any atom is -0.324 e. The van der Waals surface area contributed by atoms with E-state index in [1.165, 1.54) is 18.4 Å². The number of nitrogens with one attached hydrogen (secondary N) is 2. The zero-order valence-electron chi connectivity index (χ0n) is 11.2. The van der Waals surface area contributed by atoms with Crippen LogP contribution in [0.3, 0.4) is 0 Å². The molecule has 1 atom stereocenters. The lowest BCUT2D eigenvalue weighted by atomic mass is 9.99. The second kappa shape index (κ2) is 5.51. The molecule has 0 bridgehead atoms. The lowest BCUT2D eigenvalue weighted by Crippen LogP contribution is -2.47. The van der Waals surface area contributed by atoms with Crippen molar-refractivity contribution in [3.8, 4) is 0 Å². The molecule has 1 saturated heterocycles. The molecule has 2 aliphatic rings. The predicted molar refractivity (Wildman–Crippen MR) is 79.9 cm³/mol. The molecule has 1 aliphatic carbocycles. The highest BCUT2D eigenvalue weighted by Gasteiger charge is 2.35. The fourth-order valence-corrected chi connectivity index (χ4v) is 2.61. The van der Waals surface area contributed by atoms with Gasteiger partial charge in [-0.05, 0) is 62.8 Å². The van der Waals surface area contributed by atoms with Gasteiger partial charge in [-0.15, -0.1) is 12.4 Å². The van der Waals surface area contributed by atoms with E-state index in [0.717, 1.165) is 31.0 Å². The Labute approximate surface area is 120 Å². The van der Waals surface area contributed by atoms with E-state index < -0.39 is 5.54 Å². The zero-order chi connectivity index (χ0) is 12.6. The summed E-state index contributed by atoms with van der Waals surface area (Å²) in [6.07, 6.45) is 4.62. The average Bonchev–Trinajstić information content (AvgIpc) is 3.13. The average molecular weight is 281 g/mol. The molecule has 1 aromatic rings. The van der Waals surface area contributed by atoms with Crippen molar-refractivity contribution in [1.29, 1.82) is 0 Å². The SMILES string of the molecule is C[C@@]1(C(=O)Nc2ccc(C3CC3)cc2)CCCN1.Cl. The van der Waals surface area contributed by atoms with Gasteiger partial charge < -0.3 is 10.6 Å². The maximum atomic E-state index is 12.2. The van der Waals surface area contributed by atoms with Gasteiger partial charge in [-0.2, -0.15) is 0 Å².